The van der Waals surface area contributed by atoms with E-state index in [-0.39, 0.29) is 11.4 Å². The molecule has 158 valence electrons. The topological polar surface area (TPSA) is 56.6 Å². The molecule has 1 aromatic heterocycles. The van der Waals surface area contributed by atoms with Gasteiger partial charge in [-0.05, 0) is 52.3 Å². The van der Waals surface area contributed by atoms with Gasteiger partial charge in [0.15, 0.2) is 11.5 Å². The third-order valence-corrected chi connectivity index (χ3v) is 5.10. The summed E-state index contributed by atoms with van der Waals surface area (Å²) in [4.78, 5) is 15.0. The van der Waals surface area contributed by atoms with E-state index < -0.39 is 0 Å². The summed E-state index contributed by atoms with van der Waals surface area (Å²) in [5.74, 6) is 1.34. The Balaban J connectivity index is 1.76. The summed E-state index contributed by atoms with van der Waals surface area (Å²) in [6.07, 6.45) is 4.78. The molecule has 2 heterocycles. The maximum absolute atomic E-state index is 13.1. The second-order valence-electron chi connectivity index (χ2n) is 8.47. The van der Waals surface area contributed by atoms with Crippen molar-refractivity contribution in [1.29, 1.82) is 0 Å². The van der Waals surface area contributed by atoms with E-state index in [9.17, 15) is 4.79 Å². The first-order valence-corrected chi connectivity index (χ1v) is 10.6. The summed E-state index contributed by atoms with van der Waals surface area (Å²) < 4.78 is 13.6. The molecule has 0 N–H and O–H groups in total. The van der Waals surface area contributed by atoms with E-state index in [1.54, 1.807) is 6.07 Å². The molecule has 0 saturated carbocycles. The van der Waals surface area contributed by atoms with Crippen LogP contribution in [0.5, 0.6) is 11.5 Å². The quantitative estimate of drug-likeness (QED) is 0.647. The van der Waals surface area contributed by atoms with Gasteiger partial charge in [-0.25, -0.2) is 0 Å². The van der Waals surface area contributed by atoms with Crippen LogP contribution < -0.4 is 9.47 Å². The van der Waals surface area contributed by atoms with Crippen molar-refractivity contribution >= 4 is 5.91 Å². The molecule has 6 heteroatoms. The van der Waals surface area contributed by atoms with Crippen LogP contribution in [0.1, 0.15) is 69.1 Å². The van der Waals surface area contributed by atoms with Crippen LogP contribution in [0.3, 0.4) is 0 Å². The summed E-state index contributed by atoms with van der Waals surface area (Å²) in [5, 5.41) is 4.56. The zero-order chi connectivity index (χ0) is 21.0. The van der Waals surface area contributed by atoms with Gasteiger partial charge in [0, 0.05) is 36.3 Å². The molecule has 3 rings (SSSR count). The van der Waals surface area contributed by atoms with Gasteiger partial charge in [0.2, 0.25) is 0 Å². The van der Waals surface area contributed by atoms with Crippen LogP contribution in [-0.2, 0) is 18.5 Å². The number of benzene rings is 1. The molecule has 1 aromatic carbocycles. The lowest BCUT2D eigenvalue weighted by Crippen LogP contribution is -2.37. The molecule has 0 spiro atoms. The lowest BCUT2D eigenvalue weighted by Gasteiger charge is -2.30. The Hall–Kier alpha value is -2.50. The van der Waals surface area contributed by atoms with Crippen molar-refractivity contribution in [2.24, 2.45) is 0 Å². The third-order valence-electron chi connectivity index (χ3n) is 5.10. The van der Waals surface area contributed by atoms with E-state index >= 15 is 0 Å². The Morgan fingerprint density at radius 1 is 1.17 bits per heavy atom. The molecule has 1 amide bonds. The number of carbonyl (C=O) groups is 1. The molecule has 1 aliphatic rings. The van der Waals surface area contributed by atoms with Gasteiger partial charge in [-0.2, -0.15) is 5.10 Å². The van der Waals surface area contributed by atoms with E-state index in [0.29, 0.717) is 43.4 Å². The largest absolute Gasteiger partial charge is 0.490 e. The first kappa shape index (κ1) is 21.2. The Morgan fingerprint density at radius 3 is 2.66 bits per heavy atom. The van der Waals surface area contributed by atoms with Crippen LogP contribution in [0.25, 0.3) is 0 Å². The van der Waals surface area contributed by atoms with E-state index in [4.69, 9.17) is 9.47 Å². The highest BCUT2D eigenvalue weighted by molar-refractivity contribution is 5.95. The normalized spacial score (nSPS) is 13.9. The second-order valence-corrected chi connectivity index (χ2v) is 8.47. The summed E-state index contributed by atoms with van der Waals surface area (Å²) >= 11 is 0. The Morgan fingerprint density at radius 2 is 1.97 bits per heavy atom. The van der Waals surface area contributed by atoms with Crippen molar-refractivity contribution in [2.75, 3.05) is 19.8 Å². The maximum Gasteiger partial charge on any atom is 0.254 e. The van der Waals surface area contributed by atoms with Crippen molar-refractivity contribution in [3.63, 3.8) is 0 Å². The fourth-order valence-corrected chi connectivity index (χ4v) is 3.62. The molecular weight excluding hydrogens is 366 g/mol. The molecule has 1 aliphatic heterocycles. The maximum atomic E-state index is 13.1. The molecule has 0 unspecified atom stereocenters. The van der Waals surface area contributed by atoms with Gasteiger partial charge in [0.1, 0.15) is 0 Å². The summed E-state index contributed by atoms with van der Waals surface area (Å²) in [5.41, 5.74) is 2.93. The fraction of sp³-hybridized carbons (Fsp3) is 0.565. The van der Waals surface area contributed by atoms with Crippen LogP contribution in [0.4, 0.5) is 0 Å². The number of nitrogens with zero attached hydrogens (tertiary/aromatic N) is 3. The monoisotopic (exact) mass is 399 g/mol. The number of rotatable bonds is 7. The molecule has 0 radical (unpaired) electrons. The average molecular weight is 400 g/mol. The minimum atomic E-state index is -0.0558. The number of amides is 1. The lowest BCUT2D eigenvalue weighted by molar-refractivity contribution is 0.0731. The molecule has 0 aliphatic carbocycles. The molecule has 0 fully saturated rings. The number of unbranched alkanes of at least 4 members (excludes halogenated alkanes) is 1. The predicted molar refractivity (Wildman–Crippen MR) is 114 cm³/mol. The van der Waals surface area contributed by atoms with Crippen LogP contribution >= 0.6 is 0 Å². The zero-order valence-corrected chi connectivity index (χ0v) is 18.3. The second kappa shape index (κ2) is 8.89. The van der Waals surface area contributed by atoms with Crippen molar-refractivity contribution in [3.8, 4) is 11.5 Å². The first-order chi connectivity index (χ1) is 13.8. The Kier molecular flexibility index (Phi) is 6.50. The number of fused-ring (bicyclic) bond motifs is 1. The van der Waals surface area contributed by atoms with Crippen LogP contribution in [0.2, 0.25) is 0 Å². The van der Waals surface area contributed by atoms with E-state index in [1.165, 1.54) is 5.69 Å². The zero-order valence-electron chi connectivity index (χ0n) is 18.3. The van der Waals surface area contributed by atoms with Crippen LogP contribution in [0.15, 0.2) is 24.4 Å². The molecule has 0 bridgehead atoms. The molecule has 0 saturated heterocycles. The van der Waals surface area contributed by atoms with E-state index in [2.05, 4.69) is 37.5 Å². The van der Waals surface area contributed by atoms with Crippen LogP contribution in [0, 0.1) is 0 Å². The number of hydrogen-bond acceptors (Lipinski definition) is 4. The van der Waals surface area contributed by atoms with Gasteiger partial charge >= 0.3 is 0 Å². The van der Waals surface area contributed by atoms with Gasteiger partial charge in [0.25, 0.3) is 5.91 Å². The van der Waals surface area contributed by atoms with E-state index in [1.807, 2.05) is 30.2 Å². The highest BCUT2D eigenvalue weighted by atomic mass is 16.5. The highest BCUT2D eigenvalue weighted by Gasteiger charge is 2.28. The smallest absolute Gasteiger partial charge is 0.254 e. The van der Waals surface area contributed by atoms with Crippen LogP contribution in [-0.4, -0.2) is 40.3 Å². The van der Waals surface area contributed by atoms with Gasteiger partial charge in [-0.3, -0.25) is 9.48 Å². The summed E-state index contributed by atoms with van der Waals surface area (Å²) in [6, 6.07) is 5.49. The standard InChI is InChI=1S/C23H33N3O3/c1-6-8-13-29-20-10-9-17(14-21(20)28-7-2)22(27)25-12-11-19-18(16-25)15-24-26(19)23(3,4)5/h9-10,14-15H,6-8,11-13,16H2,1-5H3. The number of aromatic nitrogens is 2. The SMILES string of the molecule is CCCCOc1ccc(C(=O)N2CCc3c(cnn3C(C)(C)C)C2)cc1OCC. The Labute approximate surface area is 173 Å². The van der Waals surface area contributed by atoms with E-state index in [0.717, 1.165) is 24.8 Å². The molecular formula is C23H33N3O3. The van der Waals surface area contributed by atoms with Gasteiger partial charge in [0.05, 0.1) is 24.9 Å². The first-order valence-electron chi connectivity index (χ1n) is 10.6. The average Bonchev–Trinajstić information content (AvgIpc) is 3.12. The number of carbonyl (C=O) groups excluding carboxylic acids is 1. The van der Waals surface area contributed by atoms with Gasteiger partial charge in [-0.15, -0.1) is 0 Å². The Bertz CT molecular complexity index is 852. The highest BCUT2D eigenvalue weighted by Crippen LogP contribution is 2.30. The molecule has 2 aromatic rings. The minimum absolute atomic E-state index is 0.0141. The van der Waals surface area contributed by atoms with Gasteiger partial charge in [-0.1, -0.05) is 13.3 Å². The van der Waals surface area contributed by atoms with Gasteiger partial charge < -0.3 is 14.4 Å². The third kappa shape index (κ3) is 4.74. The molecule has 0 atom stereocenters. The molecule has 29 heavy (non-hydrogen) atoms. The lowest BCUT2D eigenvalue weighted by atomic mass is 10.0. The van der Waals surface area contributed by atoms with Crippen molar-refractivity contribution < 1.29 is 14.3 Å². The predicted octanol–water partition coefficient (Wildman–Crippen LogP) is 4.41. The fourth-order valence-electron chi connectivity index (χ4n) is 3.62. The van der Waals surface area contributed by atoms with Crippen molar-refractivity contribution in [1.82, 2.24) is 14.7 Å². The van der Waals surface area contributed by atoms with Crippen molar-refractivity contribution in [2.45, 2.75) is 66.0 Å². The number of hydrogen-bond donors (Lipinski definition) is 0. The minimum Gasteiger partial charge on any atom is -0.490 e. The molecule has 6 nitrogen and oxygen atoms in total. The van der Waals surface area contributed by atoms with Crippen molar-refractivity contribution in [3.05, 3.63) is 41.2 Å². The summed E-state index contributed by atoms with van der Waals surface area (Å²) in [7, 11) is 0. The summed E-state index contributed by atoms with van der Waals surface area (Å²) in [6.45, 7) is 13.0. The number of ether oxygens (including phenoxy) is 2.